The summed E-state index contributed by atoms with van der Waals surface area (Å²) in [6.07, 6.45) is -2.44. The number of nitrogen functional groups attached to an aromatic ring is 1. The first kappa shape index (κ1) is 12.4. The fourth-order valence-corrected chi connectivity index (χ4v) is 1.23. The summed E-state index contributed by atoms with van der Waals surface area (Å²) in [6, 6.07) is 3.04. The molecule has 0 saturated carbocycles. The lowest BCUT2D eigenvalue weighted by atomic mass is 10.2. The van der Waals surface area contributed by atoms with E-state index >= 15 is 0 Å². The Morgan fingerprint density at radius 2 is 1.81 bits per heavy atom. The summed E-state index contributed by atoms with van der Waals surface area (Å²) < 4.78 is 34.1. The zero-order chi connectivity index (χ0) is 12.1. The number of nitrogens with one attached hydrogen (secondary N) is 1. The highest BCUT2D eigenvalue weighted by Crippen LogP contribution is 2.34. The number of rotatable bonds is 5. The Hall–Kier alpha value is -1.72. The van der Waals surface area contributed by atoms with Gasteiger partial charge in [-0.15, -0.1) is 0 Å². The first-order chi connectivity index (χ1) is 7.58. The summed E-state index contributed by atoms with van der Waals surface area (Å²) in [5.74, 6) is 0.899. The molecule has 3 N–H and O–H groups in total. The SMILES string of the molecule is COc1cc(N)c(NCC(F)F)cc1OC. The van der Waals surface area contributed by atoms with E-state index in [1.807, 2.05) is 0 Å². The Kier molecular flexibility index (Phi) is 4.16. The molecule has 1 aromatic carbocycles. The molecule has 0 aliphatic rings. The first-order valence-electron chi connectivity index (χ1n) is 4.62. The molecule has 0 unspecified atom stereocenters. The van der Waals surface area contributed by atoms with E-state index < -0.39 is 13.0 Å². The molecule has 1 aromatic rings. The van der Waals surface area contributed by atoms with Gasteiger partial charge in [0, 0.05) is 12.1 Å². The van der Waals surface area contributed by atoms with Crippen molar-refractivity contribution >= 4 is 11.4 Å². The summed E-state index contributed by atoms with van der Waals surface area (Å²) in [7, 11) is 2.94. The van der Waals surface area contributed by atoms with Crippen LogP contribution in [-0.2, 0) is 0 Å². The Labute approximate surface area is 92.3 Å². The number of alkyl halides is 2. The molecule has 0 atom stereocenters. The topological polar surface area (TPSA) is 56.5 Å². The van der Waals surface area contributed by atoms with Gasteiger partial charge in [0.15, 0.2) is 11.5 Å². The molecule has 0 bridgehead atoms. The number of methoxy groups -OCH3 is 2. The lowest BCUT2D eigenvalue weighted by Crippen LogP contribution is -2.11. The molecule has 1 rings (SSSR count). The van der Waals surface area contributed by atoms with Crippen LogP contribution >= 0.6 is 0 Å². The third kappa shape index (κ3) is 2.88. The zero-order valence-corrected chi connectivity index (χ0v) is 9.09. The van der Waals surface area contributed by atoms with Crippen molar-refractivity contribution in [1.29, 1.82) is 0 Å². The van der Waals surface area contributed by atoms with Gasteiger partial charge in [-0.05, 0) is 0 Å². The largest absolute Gasteiger partial charge is 0.493 e. The van der Waals surface area contributed by atoms with Crippen LogP contribution in [0.5, 0.6) is 11.5 Å². The van der Waals surface area contributed by atoms with Crippen molar-refractivity contribution < 1.29 is 18.3 Å². The second-order valence-electron chi connectivity index (χ2n) is 3.07. The second-order valence-corrected chi connectivity index (χ2v) is 3.07. The molecule has 0 aliphatic heterocycles. The summed E-state index contributed by atoms with van der Waals surface area (Å²) in [4.78, 5) is 0. The summed E-state index contributed by atoms with van der Waals surface area (Å²) in [5, 5.41) is 2.53. The number of ether oxygens (including phenoxy) is 2. The quantitative estimate of drug-likeness (QED) is 0.762. The minimum absolute atomic E-state index is 0.332. The number of nitrogens with two attached hydrogens (primary N) is 1. The predicted octanol–water partition coefficient (Wildman–Crippen LogP) is 1.96. The number of hydrogen-bond acceptors (Lipinski definition) is 4. The maximum atomic E-state index is 12.0. The standard InChI is InChI=1S/C10H14F2N2O2/c1-15-8-3-6(13)7(4-9(8)16-2)14-5-10(11)12/h3-4,10,14H,5,13H2,1-2H3. The average molecular weight is 232 g/mol. The molecule has 0 spiro atoms. The van der Waals surface area contributed by atoms with Gasteiger partial charge in [0.05, 0.1) is 32.1 Å². The van der Waals surface area contributed by atoms with E-state index in [4.69, 9.17) is 15.2 Å². The fourth-order valence-electron chi connectivity index (χ4n) is 1.23. The highest BCUT2D eigenvalue weighted by atomic mass is 19.3. The molecule has 0 aliphatic carbocycles. The van der Waals surface area contributed by atoms with E-state index in [0.717, 1.165) is 0 Å². The molecule has 0 heterocycles. The monoisotopic (exact) mass is 232 g/mol. The van der Waals surface area contributed by atoms with Crippen LogP contribution in [-0.4, -0.2) is 27.2 Å². The van der Waals surface area contributed by atoms with Crippen molar-refractivity contribution in [3.8, 4) is 11.5 Å². The first-order valence-corrected chi connectivity index (χ1v) is 4.62. The van der Waals surface area contributed by atoms with E-state index in [2.05, 4.69) is 5.32 Å². The summed E-state index contributed by atoms with van der Waals surface area (Å²) in [5.41, 5.74) is 6.40. The Balaban J connectivity index is 2.92. The van der Waals surface area contributed by atoms with Gasteiger partial charge in [0.2, 0.25) is 0 Å². The second kappa shape index (κ2) is 5.39. The smallest absolute Gasteiger partial charge is 0.255 e. The molecular weight excluding hydrogens is 218 g/mol. The van der Waals surface area contributed by atoms with Crippen molar-refractivity contribution in [2.45, 2.75) is 6.43 Å². The van der Waals surface area contributed by atoms with Crippen LogP contribution in [0.4, 0.5) is 20.2 Å². The Morgan fingerprint density at radius 3 is 2.31 bits per heavy atom. The molecule has 90 valence electrons. The van der Waals surface area contributed by atoms with Crippen LogP contribution in [0.1, 0.15) is 0 Å². The Bertz CT molecular complexity index is 359. The zero-order valence-electron chi connectivity index (χ0n) is 9.09. The van der Waals surface area contributed by atoms with Crippen molar-refractivity contribution in [2.75, 3.05) is 31.8 Å². The number of benzene rings is 1. The van der Waals surface area contributed by atoms with E-state index in [1.54, 1.807) is 0 Å². The van der Waals surface area contributed by atoms with Crippen molar-refractivity contribution in [3.63, 3.8) is 0 Å². The van der Waals surface area contributed by atoms with E-state index in [1.165, 1.54) is 26.4 Å². The van der Waals surface area contributed by atoms with Crippen molar-refractivity contribution in [3.05, 3.63) is 12.1 Å². The number of anilines is 2. The number of halogens is 2. The van der Waals surface area contributed by atoms with Gasteiger partial charge in [-0.25, -0.2) is 8.78 Å². The van der Waals surface area contributed by atoms with Crippen LogP contribution < -0.4 is 20.5 Å². The molecule has 0 aromatic heterocycles. The maximum absolute atomic E-state index is 12.0. The van der Waals surface area contributed by atoms with E-state index in [-0.39, 0.29) is 0 Å². The fraction of sp³-hybridized carbons (Fsp3) is 0.400. The van der Waals surface area contributed by atoms with Crippen LogP contribution in [0.3, 0.4) is 0 Å². The number of hydrogen-bond donors (Lipinski definition) is 2. The highest BCUT2D eigenvalue weighted by molar-refractivity contribution is 5.72. The van der Waals surface area contributed by atoms with Crippen LogP contribution in [0, 0.1) is 0 Å². The highest BCUT2D eigenvalue weighted by Gasteiger charge is 2.10. The van der Waals surface area contributed by atoms with Gasteiger partial charge in [-0.1, -0.05) is 0 Å². The molecule has 6 heteroatoms. The minimum atomic E-state index is -2.44. The lowest BCUT2D eigenvalue weighted by molar-refractivity contribution is 0.163. The average Bonchev–Trinajstić information content (AvgIpc) is 2.26. The third-order valence-electron chi connectivity index (χ3n) is 2.00. The Morgan fingerprint density at radius 1 is 1.25 bits per heavy atom. The van der Waals surface area contributed by atoms with E-state index in [0.29, 0.717) is 22.9 Å². The molecule has 16 heavy (non-hydrogen) atoms. The van der Waals surface area contributed by atoms with Gasteiger partial charge in [-0.3, -0.25) is 0 Å². The van der Waals surface area contributed by atoms with Crippen LogP contribution in [0.2, 0.25) is 0 Å². The third-order valence-corrected chi connectivity index (χ3v) is 2.00. The van der Waals surface area contributed by atoms with Crippen molar-refractivity contribution in [2.24, 2.45) is 0 Å². The van der Waals surface area contributed by atoms with Crippen molar-refractivity contribution in [1.82, 2.24) is 0 Å². The lowest BCUT2D eigenvalue weighted by Gasteiger charge is -2.13. The summed E-state index contributed by atoms with van der Waals surface area (Å²) in [6.45, 7) is -0.459. The molecule has 0 saturated heterocycles. The molecule has 0 amide bonds. The molecule has 0 fully saturated rings. The molecular formula is C10H14F2N2O2. The van der Waals surface area contributed by atoms with Gasteiger partial charge in [0.25, 0.3) is 6.43 Å². The predicted molar refractivity (Wildman–Crippen MR) is 58.5 cm³/mol. The van der Waals surface area contributed by atoms with Gasteiger partial charge in [-0.2, -0.15) is 0 Å². The van der Waals surface area contributed by atoms with Gasteiger partial charge < -0.3 is 20.5 Å². The normalized spacial score (nSPS) is 10.3. The minimum Gasteiger partial charge on any atom is -0.493 e. The molecule has 4 nitrogen and oxygen atoms in total. The van der Waals surface area contributed by atoms with E-state index in [9.17, 15) is 8.78 Å². The van der Waals surface area contributed by atoms with Crippen LogP contribution in [0.15, 0.2) is 12.1 Å². The summed E-state index contributed by atoms with van der Waals surface area (Å²) >= 11 is 0. The maximum Gasteiger partial charge on any atom is 0.255 e. The van der Waals surface area contributed by atoms with Gasteiger partial charge >= 0.3 is 0 Å². The molecule has 0 radical (unpaired) electrons. The van der Waals surface area contributed by atoms with Gasteiger partial charge in [0.1, 0.15) is 0 Å². The van der Waals surface area contributed by atoms with Crippen LogP contribution in [0.25, 0.3) is 0 Å².